The minimum Gasteiger partial charge on any atom is -0.497 e. The van der Waals surface area contributed by atoms with Gasteiger partial charge in [0.25, 0.3) is 0 Å². The quantitative estimate of drug-likeness (QED) is 0.784. The Hall–Kier alpha value is -2.01. The van der Waals surface area contributed by atoms with Gasteiger partial charge in [-0.15, -0.1) is 0 Å². The number of hydrogen-bond acceptors (Lipinski definition) is 4. The smallest absolute Gasteiger partial charge is 0.313 e. The van der Waals surface area contributed by atoms with Crippen molar-refractivity contribution in [2.45, 2.75) is 6.92 Å². The summed E-state index contributed by atoms with van der Waals surface area (Å²) < 4.78 is 10.7. The molecule has 0 aliphatic heterocycles. The van der Waals surface area contributed by atoms with Crippen molar-refractivity contribution in [2.24, 2.45) is 0 Å². The van der Waals surface area contributed by atoms with Crippen LogP contribution in [0, 0.1) is 6.92 Å². The fourth-order valence-corrected chi connectivity index (χ4v) is 1.76. The number of hydrogen-bond donors (Lipinski definition) is 0. The van der Waals surface area contributed by atoms with Gasteiger partial charge < -0.3 is 9.15 Å². The Kier molecular flexibility index (Phi) is 3.25. The topological polar surface area (TPSA) is 51.9 Å². The fourth-order valence-electron chi connectivity index (χ4n) is 1.76. The summed E-state index contributed by atoms with van der Waals surface area (Å²) in [7, 11) is 4.57. The highest BCUT2D eigenvalue weighted by atomic mass is 16.7. The lowest BCUT2D eigenvalue weighted by Gasteiger charge is -2.11. The van der Waals surface area contributed by atoms with Gasteiger partial charge in [0.2, 0.25) is 0 Å². The van der Waals surface area contributed by atoms with Gasteiger partial charge in [0.05, 0.1) is 14.2 Å². The van der Waals surface area contributed by atoms with Crippen molar-refractivity contribution in [3.05, 3.63) is 29.5 Å². The van der Waals surface area contributed by atoms with Crippen LogP contribution in [0.1, 0.15) is 16.1 Å². The lowest BCUT2D eigenvalue weighted by molar-refractivity contribution is -0.0773. The lowest BCUT2D eigenvalue weighted by atomic mass is 10.1. The van der Waals surface area contributed by atoms with Gasteiger partial charge in [-0.2, -0.15) is 0 Å². The van der Waals surface area contributed by atoms with Gasteiger partial charge in [0.15, 0.2) is 5.76 Å². The van der Waals surface area contributed by atoms with Crippen molar-refractivity contribution in [1.29, 1.82) is 0 Å². The standard InChI is InChI=1S/C13H15NO4/c1-8-10-7-9(16-3)5-6-11(10)18-12(8)13(15)14(2)17-4/h5-7H,1-4H3. The fraction of sp³-hybridized carbons (Fsp3) is 0.308. The van der Waals surface area contributed by atoms with Crippen LogP contribution >= 0.6 is 0 Å². The zero-order valence-corrected chi connectivity index (χ0v) is 10.8. The summed E-state index contributed by atoms with van der Waals surface area (Å²) in [4.78, 5) is 16.9. The van der Waals surface area contributed by atoms with Gasteiger partial charge in [-0.25, -0.2) is 5.06 Å². The number of fused-ring (bicyclic) bond motifs is 1. The Morgan fingerprint density at radius 1 is 1.33 bits per heavy atom. The number of rotatable bonds is 3. The van der Waals surface area contributed by atoms with Gasteiger partial charge in [-0.05, 0) is 25.1 Å². The van der Waals surface area contributed by atoms with E-state index in [1.165, 1.54) is 14.2 Å². The van der Waals surface area contributed by atoms with E-state index in [1.807, 2.05) is 13.0 Å². The molecule has 1 aromatic heterocycles. The highest BCUT2D eigenvalue weighted by Gasteiger charge is 2.21. The van der Waals surface area contributed by atoms with E-state index in [2.05, 4.69) is 0 Å². The molecule has 0 N–H and O–H groups in total. The van der Waals surface area contributed by atoms with Crippen LogP contribution in [-0.2, 0) is 4.84 Å². The number of hydroxylamine groups is 2. The molecule has 0 saturated heterocycles. The number of carbonyl (C=O) groups is 1. The molecule has 0 radical (unpaired) electrons. The number of ether oxygens (including phenoxy) is 1. The summed E-state index contributed by atoms with van der Waals surface area (Å²) in [6.07, 6.45) is 0. The van der Waals surface area contributed by atoms with Crippen molar-refractivity contribution in [3.8, 4) is 5.75 Å². The molecule has 96 valence electrons. The van der Waals surface area contributed by atoms with Crippen LogP contribution < -0.4 is 4.74 Å². The Bertz CT molecular complexity index is 588. The predicted octanol–water partition coefficient (Wildman–Crippen LogP) is 2.38. The molecule has 1 aromatic carbocycles. The van der Waals surface area contributed by atoms with Crippen molar-refractivity contribution >= 4 is 16.9 Å². The molecule has 0 spiro atoms. The van der Waals surface area contributed by atoms with Gasteiger partial charge in [-0.3, -0.25) is 9.63 Å². The van der Waals surface area contributed by atoms with Gasteiger partial charge in [0, 0.05) is 18.0 Å². The molecule has 18 heavy (non-hydrogen) atoms. The molecule has 5 heteroatoms. The van der Waals surface area contributed by atoms with Gasteiger partial charge in [-0.1, -0.05) is 0 Å². The van der Waals surface area contributed by atoms with Crippen molar-refractivity contribution < 1.29 is 18.8 Å². The molecule has 0 unspecified atom stereocenters. The summed E-state index contributed by atoms with van der Waals surface area (Å²) in [5.41, 5.74) is 1.43. The maximum absolute atomic E-state index is 12.0. The third-order valence-electron chi connectivity index (χ3n) is 2.90. The summed E-state index contributed by atoms with van der Waals surface area (Å²) in [6.45, 7) is 1.84. The average Bonchev–Trinajstić information content (AvgIpc) is 2.73. The molecule has 0 aliphatic rings. The lowest BCUT2D eigenvalue weighted by Crippen LogP contribution is -2.25. The van der Waals surface area contributed by atoms with Crippen LogP contribution in [0.2, 0.25) is 0 Å². The second-order valence-corrected chi connectivity index (χ2v) is 3.90. The minimum atomic E-state index is -0.315. The number of amides is 1. The number of furan rings is 1. The second-order valence-electron chi connectivity index (χ2n) is 3.90. The normalized spacial score (nSPS) is 10.7. The van der Waals surface area contributed by atoms with Crippen molar-refractivity contribution in [2.75, 3.05) is 21.3 Å². The molecule has 0 bridgehead atoms. The van der Waals surface area contributed by atoms with Gasteiger partial charge in [0.1, 0.15) is 11.3 Å². The first-order valence-electron chi connectivity index (χ1n) is 5.47. The zero-order valence-electron chi connectivity index (χ0n) is 10.8. The number of carbonyl (C=O) groups excluding carboxylic acids is 1. The van der Waals surface area contributed by atoms with Crippen LogP contribution in [0.25, 0.3) is 11.0 Å². The largest absolute Gasteiger partial charge is 0.497 e. The predicted molar refractivity (Wildman–Crippen MR) is 66.6 cm³/mol. The average molecular weight is 249 g/mol. The number of nitrogens with zero attached hydrogens (tertiary/aromatic N) is 1. The molecule has 1 amide bonds. The van der Waals surface area contributed by atoms with Crippen LogP contribution in [0.15, 0.2) is 22.6 Å². The van der Waals surface area contributed by atoms with Crippen molar-refractivity contribution in [3.63, 3.8) is 0 Å². The van der Waals surface area contributed by atoms with E-state index in [0.29, 0.717) is 5.58 Å². The Balaban J connectivity index is 2.54. The zero-order chi connectivity index (χ0) is 13.3. The second kappa shape index (κ2) is 4.70. The van der Waals surface area contributed by atoms with Crippen LogP contribution in [0.3, 0.4) is 0 Å². The summed E-state index contributed by atoms with van der Waals surface area (Å²) >= 11 is 0. The van der Waals surface area contributed by atoms with E-state index in [4.69, 9.17) is 14.0 Å². The summed E-state index contributed by atoms with van der Waals surface area (Å²) in [6, 6.07) is 5.42. The number of aryl methyl sites for hydroxylation is 1. The Labute approximate surface area is 105 Å². The third-order valence-corrected chi connectivity index (χ3v) is 2.90. The molecular formula is C13H15NO4. The monoisotopic (exact) mass is 249 g/mol. The van der Waals surface area contributed by atoms with Crippen LogP contribution in [0.4, 0.5) is 0 Å². The molecule has 0 saturated carbocycles. The number of benzene rings is 1. The third kappa shape index (κ3) is 1.93. The van der Waals surface area contributed by atoms with E-state index in [1.54, 1.807) is 19.2 Å². The molecule has 5 nitrogen and oxygen atoms in total. The molecular weight excluding hydrogens is 234 g/mol. The maximum atomic E-state index is 12.0. The van der Waals surface area contributed by atoms with E-state index in [0.717, 1.165) is 21.8 Å². The minimum absolute atomic E-state index is 0.280. The molecule has 0 atom stereocenters. The summed E-state index contributed by atoms with van der Waals surface area (Å²) in [5.74, 6) is 0.693. The maximum Gasteiger partial charge on any atom is 0.313 e. The van der Waals surface area contributed by atoms with Crippen LogP contribution in [-0.4, -0.2) is 32.2 Å². The first-order valence-corrected chi connectivity index (χ1v) is 5.47. The first-order chi connectivity index (χ1) is 8.58. The molecule has 0 aliphatic carbocycles. The van der Waals surface area contributed by atoms with E-state index < -0.39 is 0 Å². The SMILES string of the molecule is COc1ccc2oc(C(=O)N(C)OC)c(C)c2c1. The molecule has 0 fully saturated rings. The molecule has 2 aromatic rings. The molecule has 2 rings (SSSR count). The highest BCUT2D eigenvalue weighted by Crippen LogP contribution is 2.29. The Morgan fingerprint density at radius 2 is 2.06 bits per heavy atom. The van der Waals surface area contributed by atoms with E-state index in [9.17, 15) is 4.79 Å². The van der Waals surface area contributed by atoms with Gasteiger partial charge >= 0.3 is 5.91 Å². The van der Waals surface area contributed by atoms with E-state index in [-0.39, 0.29) is 11.7 Å². The summed E-state index contributed by atoms with van der Waals surface area (Å²) in [5, 5.41) is 1.99. The highest BCUT2D eigenvalue weighted by molar-refractivity contribution is 5.98. The van der Waals surface area contributed by atoms with Crippen molar-refractivity contribution in [1.82, 2.24) is 5.06 Å². The Morgan fingerprint density at radius 3 is 2.67 bits per heavy atom. The molecule has 1 heterocycles. The van der Waals surface area contributed by atoms with E-state index >= 15 is 0 Å². The van der Waals surface area contributed by atoms with Crippen LogP contribution in [0.5, 0.6) is 5.75 Å². The number of methoxy groups -OCH3 is 1. The first kappa shape index (κ1) is 12.4.